The van der Waals surface area contributed by atoms with E-state index in [1.807, 2.05) is 0 Å². The van der Waals surface area contributed by atoms with Crippen molar-refractivity contribution in [2.75, 3.05) is 0 Å². The van der Waals surface area contributed by atoms with Gasteiger partial charge in [0.15, 0.2) is 0 Å². The molecule has 1 aromatic carbocycles. The van der Waals surface area contributed by atoms with Crippen LogP contribution in [0.1, 0.15) is 63.9 Å². The van der Waals surface area contributed by atoms with Gasteiger partial charge >= 0.3 is 5.97 Å². The first-order chi connectivity index (χ1) is 9.76. The maximum atomic E-state index is 11.6. The maximum absolute atomic E-state index is 11.6. The molecule has 0 aliphatic heterocycles. The number of hydrogen-bond donors (Lipinski definition) is 1. The van der Waals surface area contributed by atoms with Gasteiger partial charge in [-0.15, -0.1) is 0 Å². The second-order valence-corrected chi connectivity index (χ2v) is 5.15. The van der Waals surface area contributed by atoms with E-state index in [0.717, 1.165) is 18.4 Å². The van der Waals surface area contributed by atoms with Gasteiger partial charge in [0.1, 0.15) is 5.75 Å². The molecule has 0 amide bonds. The second-order valence-electron chi connectivity index (χ2n) is 5.15. The van der Waals surface area contributed by atoms with E-state index in [1.165, 1.54) is 32.1 Å². The zero-order chi connectivity index (χ0) is 14.6. The van der Waals surface area contributed by atoms with Crippen molar-refractivity contribution in [1.82, 2.24) is 0 Å². The van der Waals surface area contributed by atoms with Gasteiger partial charge in [-0.25, -0.2) is 0 Å². The summed E-state index contributed by atoms with van der Waals surface area (Å²) in [5.41, 5.74) is 0.817. The van der Waals surface area contributed by atoms with E-state index in [-0.39, 0.29) is 12.6 Å². The number of benzene rings is 1. The number of hydrogen-bond acceptors (Lipinski definition) is 3. The highest BCUT2D eigenvalue weighted by atomic mass is 16.5. The van der Waals surface area contributed by atoms with Gasteiger partial charge in [-0.1, -0.05) is 57.6 Å². The Kier molecular flexibility index (Phi) is 8.72. The molecule has 0 radical (unpaired) electrons. The summed E-state index contributed by atoms with van der Waals surface area (Å²) in [7, 11) is 0. The fourth-order valence-corrected chi connectivity index (χ4v) is 2.07. The Balaban J connectivity index is 2.10. The van der Waals surface area contributed by atoms with Crippen LogP contribution in [-0.2, 0) is 11.4 Å². The first-order valence-corrected chi connectivity index (χ1v) is 7.66. The van der Waals surface area contributed by atoms with Crippen molar-refractivity contribution in [2.24, 2.45) is 0 Å². The number of carbonyl (C=O) groups is 1. The summed E-state index contributed by atoms with van der Waals surface area (Å²) >= 11 is 0. The molecule has 20 heavy (non-hydrogen) atoms. The van der Waals surface area contributed by atoms with Crippen LogP contribution in [-0.4, -0.2) is 11.1 Å². The summed E-state index contributed by atoms with van der Waals surface area (Å²) in [6.45, 7) is 2.22. The molecule has 1 aromatic rings. The Morgan fingerprint density at radius 2 is 1.60 bits per heavy atom. The van der Waals surface area contributed by atoms with E-state index in [9.17, 15) is 4.79 Å². The summed E-state index contributed by atoms with van der Waals surface area (Å²) in [5.74, 6) is 0.380. The highest BCUT2D eigenvalue weighted by molar-refractivity contribution is 5.72. The van der Waals surface area contributed by atoms with Crippen molar-refractivity contribution >= 4 is 5.97 Å². The van der Waals surface area contributed by atoms with Crippen molar-refractivity contribution in [3.63, 3.8) is 0 Å². The van der Waals surface area contributed by atoms with Gasteiger partial charge in [-0.3, -0.25) is 4.79 Å². The van der Waals surface area contributed by atoms with Gasteiger partial charge in [0.2, 0.25) is 0 Å². The molecule has 0 spiro atoms. The summed E-state index contributed by atoms with van der Waals surface area (Å²) in [5, 5.41) is 8.92. The zero-order valence-corrected chi connectivity index (χ0v) is 12.4. The smallest absolute Gasteiger partial charge is 0.311 e. The van der Waals surface area contributed by atoms with Gasteiger partial charge < -0.3 is 9.84 Å². The quantitative estimate of drug-likeness (QED) is 0.396. The Hall–Kier alpha value is -1.35. The van der Waals surface area contributed by atoms with Gasteiger partial charge in [0.05, 0.1) is 6.61 Å². The zero-order valence-electron chi connectivity index (χ0n) is 12.4. The van der Waals surface area contributed by atoms with E-state index in [1.54, 1.807) is 24.3 Å². The topological polar surface area (TPSA) is 46.5 Å². The van der Waals surface area contributed by atoms with Crippen molar-refractivity contribution in [3.8, 4) is 5.75 Å². The van der Waals surface area contributed by atoms with Crippen LogP contribution in [0.3, 0.4) is 0 Å². The third-order valence-electron chi connectivity index (χ3n) is 3.32. The molecule has 1 rings (SSSR count). The predicted molar refractivity (Wildman–Crippen MR) is 80.6 cm³/mol. The molecule has 3 heteroatoms. The third-order valence-corrected chi connectivity index (χ3v) is 3.32. The SMILES string of the molecule is CCCCCCCCCC(=O)Oc1ccc(CO)cc1. The highest BCUT2D eigenvalue weighted by Crippen LogP contribution is 2.14. The molecular weight excluding hydrogens is 252 g/mol. The standard InChI is InChI=1S/C17H26O3/c1-2-3-4-5-6-7-8-9-17(19)20-16-12-10-15(14-18)11-13-16/h10-13,18H,2-9,14H2,1H3. The predicted octanol–water partition coefficient (Wildman–Crippen LogP) is 4.23. The monoisotopic (exact) mass is 278 g/mol. The van der Waals surface area contributed by atoms with Crippen LogP contribution in [0, 0.1) is 0 Å². The number of aliphatic hydroxyl groups excluding tert-OH is 1. The lowest BCUT2D eigenvalue weighted by molar-refractivity contribution is -0.134. The molecule has 0 saturated carbocycles. The van der Waals surface area contributed by atoms with Crippen molar-refractivity contribution in [1.29, 1.82) is 0 Å². The first kappa shape index (κ1) is 16.7. The van der Waals surface area contributed by atoms with Crippen LogP contribution < -0.4 is 4.74 Å². The minimum atomic E-state index is -0.171. The molecule has 0 saturated heterocycles. The molecule has 1 N–H and O–H groups in total. The fourth-order valence-electron chi connectivity index (χ4n) is 2.07. The first-order valence-electron chi connectivity index (χ1n) is 7.66. The van der Waals surface area contributed by atoms with E-state index in [4.69, 9.17) is 9.84 Å². The van der Waals surface area contributed by atoms with Crippen LogP contribution in [0.5, 0.6) is 5.75 Å². The van der Waals surface area contributed by atoms with Crippen LogP contribution in [0.2, 0.25) is 0 Å². The molecule has 0 fully saturated rings. The minimum Gasteiger partial charge on any atom is -0.427 e. The fraction of sp³-hybridized carbons (Fsp3) is 0.588. The van der Waals surface area contributed by atoms with Gasteiger partial charge in [-0.05, 0) is 24.1 Å². The van der Waals surface area contributed by atoms with Crippen LogP contribution in [0.4, 0.5) is 0 Å². The van der Waals surface area contributed by atoms with E-state index in [2.05, 4.69) is 6.92 Å². The lowest BCUT2D eigenvalue weighted by Crippen LogP contribution is -2.07. The normalized spacial score (nSPS) is 10.5. The van der Waals surface area contributed by atoms with Crippen molar-refractivity contribution in [3.05, 3.63) is 29.8 Å². The summed E-state index contributed by atoms with van der Waals surface area (Å²) in [6.07, 6.45) is 8.84. The molecule has 0 aliphatic rings. The van der Waals surface area contributed by atoms with E-state index >= 15 is 0 Å². The Bertz CT molecular complexity index is 370. The average Bonchev–Trinajstić information content (AvgIpc) is 2.47. The Morgan fingerprint density at radius 3 is 2.20 bits per heavy atom. The van der Waals surface area contributed by atoms with E-state index in [0.29, 0.717) is 12.2 Å². The molecule has 0 aromatic heterocycles. The number of ether oxygens (including phenoxy) is 1. The largest absolute Gasteiger partial charge is 0.427 e. The van der Waals surface area contributed by atoms with Crippen LogP contribution in [0.15, 0.2) is 24.3 Å². The number of aliphatic hydroxyl groups is 1. The number of esters is 1. The molecule has 0 atom stereocenters. The van der Waals surface area contributed by atoms with E-state index < -0.39 is 0 Å². The summed E-state index contributed by atoms with van der Waals surface area (Å²) < 4.78 is 5.24. The summed E-state index contributed by atoms with van der Waals surface area (Å²) in [4.78, 5) is 11.6. The number of carbonyl (C=O) groups excluding carboxylic acids is 1. The maximum Gasteiger partial charge on any atom is 0.311 e. The van der Waals surface area contributed by atoms with Crippen LogP contribution in [0.25, 0.3) is 0 Å². The minimum absolute atomic E-state index is 0.00621. The molecule has 0 aliphatic carbocycles. The molecule has 0 bridgehead atoms. The molecule has 0 unspecified atom stereocenters. The molecule has 3 nitrogen and oxygen atoms in total. The van der Waals surface area contributed by atoms with Crippen LogP contribution >= 0.6 is 0 Å². The van der Waals surface area contributed by atoms with Crippen molar-refractivity contribution < 1.29 is 14.6 Å². The summed E-state index contributed by atoms with van der Waals surface area (Å²) in [6, 6.07) is 6.95. The Labute approximate surface area is 122 Å². The average molecular weight is 278 g/mol. The Morgan fingerprint density at radius 1 is 1.00 bits per heavy atom. The molecular formula is C17H26O3. The highest BCUT2D eigenvalue weighted by Gasteiger charge is 2.04. The lowest BCUT2D eigenvalue weighted by Gasteiger charge is -2.05. The van der Waals surface area contributed by atoms with Gasteiger partial charge in [0.25, 0.3) is 0 Å². The van der Waals surface area contributed by atoms with Crippen molar-refractivity contribution in [2.45, 2.75) is 64.9 Å². The number of unbranched alkanes of at least 4 members (excludes halogenated alkanes) is 6. The van der Waals surface area contributed by atoms with Gasteiger partial charge in [0, 0.05) is 6.42 Å². The second kappa shape index (κ2) is 10.4. The lowest BCUT2D eigenvalue weighted by atomic mass is 10.1. The molecule has 0 heterocycles. The van der Waals surface area contributed by atoms with Gasteiger partial charge in [-0.2, -0.15) is 0 Å². The molecule has 112 valence electrons. The number of rotatable bonds is 10. The third kappa shape index (κ3) is 7.29.